The Morgan fingerprint density at radius 2 is 1.27 bits per heavy atom. The van der Waals surface area contributed by atoms with Gasteiger partial charge in [0.15, 0.2) is 0 Å². The van der Waals surface area contributed by atoms with E-state index in [1.807, 2.05) is 0 Å². The third-order valence-electron chi connectivity index (χ3n) is 3.90. The van der Waals surface area contributed by atoms with Crippen LogP contribution in [0.15, 0.2) is 0 Å². The number of carboxylic acid groups (broad SMARTS) is 3. The topological polar surface area (TPSA) is 233 Å². The van der Waals surface area contributed by atoms with Crippen LogP contribution in [0.5, 0.6) is 0 Å². The van der Waals surface area contributed by atoms with Gasteiger partial charge in [-0.2, -0.15) is 0 Å². The van der Waals surface area contributed by atoms with Crippen molar-refractivity contribution in [2.75, 3.05) is 32.2 Å². The Kier molecular flexibility index (Phi) is 12.5. The van der Waals surface area contributed by atoms with Gasteiger partial charge >= 0.3 is 33.1 Å². The van der Waals surface area contributed by atoms with Crippen molar-refractivity contribution in [3.8, 4) is 0 Å². The normalized spacial score (nSPS) is 13.5. The molecule has 0 saturated heterocycles. The molecule has 0 aromatic heterocycles. The zero-order valence-electron chi connectivity index (χ0n) is 16.1. The van der Waals surface area contributed by atoms with E-state index in [-0.39, 0.29) is 26.1 Å². The van der Waals surface area contributed by atoms with E-state index in [9.17, 15) is 28.6 Å². The lowest BCUT2D eigenvalue weighted by Crippen LogP contribution is -2.46. The Morgan fingerprint density at radius 1 is 0.733 bits per heavy atom. The van der Waals surface area contributed by atoms with Crippen molar-refractivity contribution in [3.63, 3.8) is 0 Å². The van der Waals surface area contributed by atoms with Crippen molar-refractivity contribution in [2.45, 2.75) is 38.1 Å². The smallest absolute Gasteiger partial charge is 0.339 e. The number of hydrogen-bond acceptors (Lipinski definition) is 7. The van der Waals surface area contributed by atoms with Gasteiger partial charge in [-0.1, -0.05) is 6.42 Å². The average Bonchev–Trinajstić information content (AvgIpc) is 2.51. The van der Waals surface area contributed by atoms with Crippen molar-refractivity contribution in [1.29, 1.82) is 0 Å². The largest absolute Gasteiger partial charge is 0.481 e. The molecule has 0 aliphatic heterocycles. The van der Waals surface area contributed by atoms with Gasteiger partial charge in [0, 0.05) is 19.5 Å². The van der Waals surface area contributed by atoms with Crippen LogP contribution >= 0.6 is 15.2 Å². The number of nitrogens with zero attached hydrogens (tertiary/aromatic N) is 2. The zero-order valence-corrected chi connectivity index (χ0v) is 17.9. The second-order valence-electron chi connectivity index (χ2n) is 6.70. The number of carbonyl (C=O) groups is 3. The molecule has 0 spiro atoms. The van der Waals surface area contributed by atoms with Crippen molar-refractivity contribution >= 4 is 33.1 Å². The molecule has 0 saturated carbocycles. The highest BCUT2D eigenvalue weighted by atomic mass is 31.2. The molecule has 16 heteroatoms. The molecule has 7 N–H and O–H groups in total. The zero-order chi connectivity index (χ0) is 23.5. The van der Waals surface area contributed by atoms with Crippen LogP contribution in [-0.4, -0.2) is 101 Å². The summed E-state index contributed by atoms with van der Waals surface area (Å²) in [5.74, 6) is -3.83. The van der Waals surface area contributed by atoms with Gasteiger partial charge in [-0.15, -0.1) is 0 Å². The van der Waals surface area contributed by atoms with Gasteiger partial charge in [0.05, 0.1) is 6.42 Å². The van der Waals surface area contributed by atoms with E-state index in [2.05, 4.69) is 0 Å². The van der Waals surface area contributed by atoms with Crippen LogP contribution in [0.25, 0.3) is 0 Å². The predicted octanol–water partition coefficient (Wildman–Crippen LogP) is -0.566. The first kappa shape index (κ1) is 28.6. The third kappa shape index (κ3) is 15.5. The highest BCUT2D eigenvalue weighted by molar-refractivity contribution is 7.52. The van der Waals surface area contributed by atoms with E-state index in [1.54, 1.807) is 0 Å². The molecule has 0 fully saturated rings. The number of aliphatic carboxylic acids is 3. The monoisotopic (exact) mass is 478 g/mol. The van der Waals surface area contributed by atoms with Gasteiger partial charge < -0.3 is 34.9 Å². The van der Waals surface area contributed by atoms with E-state index < -0.39 is 58.1 Å². The maximum absolute atomic E-state index is 11.5. The summed E-state index contributed by atoms with van der Waals surface area (Å²) in [6.07, 6.45) is -1.73. The second-order valence-corrected chi connectivity index (χ2v) is 9.92. The first-order chi connectivity index (χ1) is 13.6. The van der Waals surface area contributed by atoms with Gasteiger partial charge in [0.1, 0.15) is 18.6 Å². The maximum Gasteiger partial charge on any atom is 0.339 e. The summed E-state index contributed by atoms with van der Waals surface area (Å²) in [7, 11) is -9.35. The number of hydrogen-bond donors (Lipinski definition) is 7. The highest BCUT2D eigenvalue weighted by Gasteiger charge is 2.30. The van der Waals surface area contributed by atoms with Crippen LogP contribution in [0.4, 0.5) is 0 Å². The lowest BCUT2D eigenvalue weighted by molar-refractivity contribution is -0.150. The Labute approximate surface area is 172 Å². The van der Waals surface area contributed by atoms with Crippen LogP contribution < -0.4 is 0 Å². The van der Waals surface area contributed by atoms with E-state index >= 15 is 0 Å². The Balaban J connectivity index is 5.26. The van der Waals surface area contributed by atoms with Crippen LogP contribution in [0.2, 0.25) is 0 Å². The predicted molar refractivity (Wildman–Crippen MR) is 102 cm³/mol. The molecule has 0 heterocycles. The SMILES string of the molecule is O=C(O)CCCCCN(CCN(CP(=O)(O)O)CP(=O)(O)O)[C@@H](CC(=O)O)C(=O)O. The van der Waals surface area contributed by atoms with Gasteiger partial charge in [0.25, 0.3) is 0 Å². The Morgan fingerprint density at radius 3 is 1.67 bits per heavy atom. The Hall–Kier alpha value is -1.37. The molecule has 0 radical (unpaired) electrons. The van der Waals surface area contributed by atoms with E-state index in [1.165, 1.54) is 4.90 Å². The van der Waals surface area contributed by atoms with E-state index in [4.69, 9.17) is 29.8 Å². The van der Waals surface area contributed by atoms with Crippen LogP contribution in [-0.2, 0) is 23.5 Å². The first-order valence-electron chi connectivity index (χ1n) is 8.82. The van der Waals surface area contributed by atoms with Crippen molar-refractivity contribution in [1.82, 2.24) is 9.80 Å². The fraction of sp³-hybridized carbons (Fsp3) is 0.786. The molecule has 0 aromatic rings. The summed E-state index contributed by atoms with van der Waals surface area (Å²) >= 11 is 0. The lowest BCUT2D eigenvalue weighted by Gasteiger charge is -2.31. The molecular formula is C14H28N2O12P2. The molecule has 0 bridgehead atoms. The maximum atomic E-state index is 11.5. The van der Waals surface area contributed by atoms with Crippen molar-refractivity contribution < 1.29 is 58.4 Å². The Bertz CT molecular complexity index is 652. The van der Waals surface area contributed by atoms with Crippen molar-refractivity contribution in [2.24, 2.45) is 0 Å². The average molecular weight is 478 g/mol. The summed E-state index contributed by atoms with van der Waals surface area (Å²) in [4.78, 5) is 71.5. The third-order valence-corrected chi connectivity index (χ3v) is 5.44. The molecule has 0 aliphatic rings. The summed E-state index contributed by atoms with van der Waals surface area (Å²) in [6, 6.07) is -1.48. The number of rotatable bonds is 17. The van der Waals surface area contributed by atoms with Crippen LogP contribution in [0.1, 0.15) is 32.1 Å². The minimum absolute atomic E-state index is 0.0452. The summed E-state index contributed by atoms with van der Waals surface area (Å²) in [5, 5.41) is 27.0. The molecule has 0 unspecified atom stereocenters. The standard InChI is InChI=1S/C14H28N2O12P2/c17-12(18)4-2-1-3-5-16(11(14(21)22)8-13(19)20)7-6-15(9-29(23,24)25)10-30(26,27)28/h11H,1-10H2,(H,17,18)(H,19,20)(H,21,22)(H2,23,24,25)(H2,26,27,28)/t11-/m0/s1. The molecule has 0 amide bonds. The van der Waals surface area contributed by atoms with Gasteiger partial charge in [-0.25, -0.2) is 0 Å². The fourth-order valence-electron chi connectivity index (χ4n) is 2.71. The molecule has 0 aliphatic carbocycles. The summed E-state index contributed by atoms with van der Waals surface area (Å²) in [6.45, 7) is -0.526. The van der Waals surface area contributed by atoms with Gasteiger partial charge in [0.2, 0.25) is 0 Å². The van der Waals surface area contributed by atoms with E-state index in [0.717, 1.165) is 4.90 Å². The molecule has 1 atom stereocenters. The van der Waals surface area contributed by atoms with Crippen LogP contribution in [0, 0.1) is 0 Å². The fourth-order valence-corrected chi connectivity index (χ4v) is 4.39. The van der Waals surface area contributed by atoms with Gasteiger partial charge in [-0.3, -0.25) is 33.3 Å². The first-order valence-corrected chi connectivity index (χ1v) is 12.4. The lowest BCUT2D eigenvalue weighted by atomic mass is 10.1. The minimum atomic E-state index is -4.67. The molecule has 176 valence electrons. The highest BCUT2D eigenvalue weighted by Crippen LogP contribution is 2.40. The second kappa shape index (κ2) is 13.1. The summed E-state index contributed by atoms with van der Waals surface area (Å²) < 4.78 is 22.5. The molecular weight excluding hydrogens is 450 g/mol. The molecule has 14 nitrogen and oxygen atoms in total. The van der Waals surface area contributed by atoms with E-state index in [0.29, 0.717) is 19.3 Å². The summed E-state index contributed by atoms with van der Waals surface area (Å²) in [5.41, 5.74) is 0. The number of unbranched alkanes of at least 4 members (excludes halogenated alkanes) is 2. The van der Waals surface area contributed by atoms with Crippen molar-refractivity contribution in [3.05, 3.63) is 0 Å². The molecule has 30 heavy (non-hydrogen) atoms. The number of carboxylic acids is 3. The minimum Gasteiger partial charge on any atom is -0.481 e. The van der Waals surface area contributed by atoms with Crippen LogP contribution in [0.3, 0.4) is 0 Å². The quantitative estimate of drug-likeness (QED) is 0.102. The molecule has 0 rings (SSSR count). The van der Waals surface area contributed by atoms with Gasteiger partial charge in [-0.05, 0) is 19.4 Å². The molecule has 0 aromatic carbocycles.